The summed E-state index contributed by atoms with van der Waals surface area (Å²) >= 11 is 1.28. The van der Waals surface area contributed by atoms with Crippen LogP contribution >= 0.6 is 22.6 Å². The number of nitro groups is 1. The summed E-state index contributed by atoms with van der Waals surface area (Å²) in [6, 6.07) is 0. The lowest BCUT2D eigenvalue weighted by atomic mass is 10.4. The molecular weight excluding hydrogens is 410 g/mol. The molecule has 0 saturated heterocycles. The van der Waals surface area contributed by atoms with Crippen molar-refractivity contribution in [2.45, 2.75) is 11.3 Å². The van der Waals surface area contributed by atoms with E-state index < -0.39 is 41.3 Å². The van der Waals surface area contributed by atoms with Crippen LogP contribution < -0.4 is 9.88 Å². The van der Waals surface area contributed by atoms with E-state index in [1.807, 2.05) is 0 Å². The summed E-state index contributed by atoms with van der Waals surface area (Å²) in [6.45, 7) is 0. The number of nitrogens with two attached hydrogens (primary N) is 1. The van der Waals surface area contributed by atoms with Gasteiger partial charge in [-0.25, -0.2) is 13.6 Å². The smallest absolute Gasteiger partial charge is 0.403 e. The Morgan fingerprint density at radius 2 is 2.00 bits per heavy atom. The van der Waals surface area contributed by atoms with Crippen LogP contribution in [0.25, 0.3) is 0 Å². The van der Waals surface area contributed by atoms with Crippen molar-refractivity contribution >= 4 is 38.4 Å². The first-order valence-corrected chi connectivity index (χ1v) is 6.67. The van der Waals surface area contributed by atoms with E-state index in [4.69, 9.17) is 0 Å². The largest absolute Gasteiger partial charge is 0.573 e. The Balaban J connectivity index is 3.69. The molecule has 0 spiro atoms. The van der Waals surface area contributed by atoms with Crippen LogP contribution in [0.1, 0.15) is 0 Å². The first kappa shape index (κ1) is 15.8. The van der Waals surface area contributed by atoms with Crippen molar-refractivity contribution < 1.29 is 31.2 Å². The summed E-state index contributed by atoms with van der Waals surface area (Å²) < 4.78 is 62.0. The van der Waals surface area contributed by atoms with Crippen molar-refractivity contribution in [3.8, 4) is 5.75 Å². The van der Waals surface area contributed by atoms with Crippen LogP contribution in [0.2, 0.25) is 0 Å². The van der Waals surface area contributed by atoms with Gasteiger partial charge in [-0.05, 0) is 32.5 Å². The molecule has 0 fully saturated rings. The molecule has 0 aliphatic rings. The van der Waals surface area contributed by atoms with E-state index in [1.165, 1.54) is 22.6 Å². The fraction of sp³-hybridized carbons (Fsp3) is 0.167. The normalized spacial score (nSPS) is 12.3. The fourth-order valence-corrected chi connectivity index (χ4v) is 2.54. The lowest BCUT2D eigenvalue weighted by Gasteiger charge is -2.12. The van der Waals surface area contributed by atoms with Crippen LogP contribution in [0, 0.1) is 13.7 Å². The molecule has 1 aromatic rings. The van der Waals surface area contributed by atoms with Crippen molar-refractivity contribution in [2.75, 3.05) is 0 Å². The monoisotopic (exact) mass is 413 g/mol. The number of aromatic nitrogens is 1. The molecule has 0 aliphatic heterocycles. The van der Waals surface area contributed by atoms with Gasteiger partial charge in [0.05, 0.1) is 0 Å². The fourth-order valence-electron chi connectivity index (χ4n) is 1.04. The summed E-state index contributed by atoms with van der Waals surface area (Å²) in [4.78, 5) is 11.0. The summed E-state index contributed by atoms with van der Waals surface area (Å²) in [7, 11) is -4.84. The number of rotatable bonds is 3. The van der Waals surface area contributed by atoms with E-state index in [9.17, 15) is 31.7 Å². The number of primary sulfonamides is 1. The van der Waals surface area contributed by atoms with Gasteiger partial charge >= 0.3 is 12.2 Å². The Labute approximate surface area is 117 Å². The maximum atomic E-state index is 12.2. The highest BCUT2D eigenvalue weighted by atomic mass is 127. The first-order chi connectivity index (χ1) is 8.43. The third-order valence-corrected chi connectivity index (χ3v) is 3.31. The molecule has 0 aromatic carbocycles. The van der Waals surface area contributed by atoms with Gasteiger partial charge in [0, 0.05) is 0 Å². The predicted octanol–water partition coefficient (Wildman–Crippen LogP) is 1.14. The number of alkyl halides is 3. The first-order valence-electron chi connectivity index (χ1n) is 4.05. The minimum atomic E-state index is -5.24. The van der Waals surface area contributed by atoms with Crippen LogP contribution in [0.15, 0.2) is 11.1 Å². The average Bonchev–Trinajstić information content (AvgIpc) is 2.16. The van der Waals surface area contributed by atoms with Gasteiger partial charge in [-0.2, -0.15) is 0 Å². The zero-order chi connectivity index (χ0) is 15.0. The van der Waals surface area contributed by atoms with Crippen LogP contribution in [-0.2, 0) is 10.0 Å². The summed E-state index contributed by atoms with van der Waals surface area (Å²) in [5.74, 6) is -2.63. The molecule has 106 valence electrons. The van der Waals surface area contributed by atoms with E-state index in [-0.39, 0.29) is 0 Å². The van der Waals surface area contributed by atoms with E-state index >= 15 is 0 Å². The SMILES string of the molecule is NS(=O)(=O)c1c([N+](=O)[O-])ncc(I)c1OC(F)(F)F. The molecule has 0 aliphatic carbocycles. The molecule has 0 amide bonds. The van der Waals surface area contributed by atoms with Crippen LogP contribution in [0.5, 0.6) is 5.75 Å². The lowest BCUT2D eigenvalue weighted by molar-refractivity contribution is -0.393. The van der Waals surface area contributed by atoms with Crippen LogP contribution in [0.4, 0.5) is 19.0 Å². The van der Waals surface area contributed by atoms with Gasteiger partial charge in [0.15, 0.2) is 11.9 Å². The number of halogens is 4. The number of nitrogens with zero attached hydrogens (tertiary/aromatic N) is 2. The molecule has 19 heavy (non-hydrogen) atoms. The Bertz CT molecular complexity index is 632. The summed E-state index contributed by atoms with van der Waals surface area (Å²) in [6.07, 6.45) is -4.58. The number of pyridine rings is 1. The van der Waals surface area contributed by atoms with Gasteiger partial charge in [0.25, 0.3) is 0 Å². The van der Waals surface area contributed by atoms with E-state index in [0.29, 0.717) is 6.20 Å². The second kappa shape index (κ2) is 5.04. The maximum Gasteiger partial charge on any atom is 0.573 e. The van der Waals surface area contributed by atoms with Gasteiger partial charge in [-0.1, -0.05) is 0 Å². The van der Waals surface area contributed by atoms with Crippen molar-refractivity contribution in [3.05, 3.63) is 19.9 Å². The van der Waals surface area contributed by atoms with Crippen molar-refractivity contribution in [3.63, 3.8) is 0 Å². The minimum Gasteiger partial charge on any atom is -0.403 e. The van der Waals surface area contributed by atoms with Crippen molar-refractivity contribution in [1.82, 2.24) is 4.98 Å². The number of hydrogen-bond donors (Lipinski definition) is 1. The standard InChI is InChI=1S/C6H3F3IN3O5S/c7-6(8,9)18-3-2(10)1-12-5(13(14)15)4(3)19(11,16)17/h1H,(H2,11,16,17). The third-order valence-electron chi connectivity index (χ3n) is 1.60. The van der Waals surface area contributed by atoms with E-state index in [2.05, 4.69) is 14.9 Å². The molecule has 0 atom stereocenters. The molecule has 13 heteroatoms. The van der Waals surface area contributed by atoms with Gasteiger partial charge < -0.3 is 14.9 Å². The minimum absolute atomic E-state index is 0.399. The number of ether oxygens (including phenoxy) is 1. The quantitative estimate of drug-likeness (QED) is 0.450. The highest BCUT2D eigenvalue weighted by molar-refractivity contribution is 14.1. The lowest BCUT2D eigenvalue weighted by Crippen LogP contribution is -2.23. The van der Waals surface area contributed by atoms with Gasteiger partial charge in [0.1, 0.15) is 3.57 Å². The molecule has 1 heterocycles. The van der Waals surface area contributed by atoms with Crippen molar-refractivity contribution in [1.29, 1.82) is 0 Å². The Morgan fingerprint density at radius 1 is 1.47 bits per heavy atom. The topological polar surface area (TPSA) is 125 Å². The van der Waals surface area contributed by atoms with E-state index in [0.717, 1.165) is 0 Å². The molecule has 0 unspecified atom stereocenters. The molecule has 2 N–H and O–H groups in total. The summed E-state index contributed by atoms with van der Waals surface area (Å²) in [5.41, 5.74) is 0. The van der Waals surface area contributed by atoms with Crippen molar-refractivity contribution in [2.24, 2.45) is 5.14 Å². The van der Waals surface area contributed by atoms with Crippen LogP contribution in [0.3, 0.4) is 0 Å². The Morgan fingerprint density at radius 3 is 2.37 bits per heavy atom. The third kappa shape index (κ3) is 3.87. The predicted molar refractivity (Wildman–Crippen MR) is 61.7 cm³/mol. The zero-order valence-electron chi connectivity index (χ0n) is 8.51. The highest BCUT2D eigenvalue weighted by Gasteiger charge is 2.39. The highest BCUT2D eigenvalue weighted by Crippen LogP contribution is 2.37. The van der Waals surface area contributed by atoms with Crippen LogP contribution in [-0.4, -0.2) is 24.7 Å². The zero-order valence-corrected chi connectivity index (χ0v) is 11.5. The second-order valence-corrected chi connectivity index (χ2v) is 5.60. The average molecular weight is 413 g/mol. The van der Waals surface area contributed by atoms with Gasteiger partial charge in [-0.3, -0.25) is 0 Å². The number of sulfonamides is 1. The molecule has 0 radical (unpaired) electrons. The van der Waals surface area contributed by atoms with Gasteiger partial charge in [0.2, 0.25) is 14.9 Å². The second-order valence-electron chi connectivity index (χ2n) is 2.94. The molecule has 1 rings (SSSR count). The Kier molecular flexibility index (Phi) is 4.20. The van der Waals surface area contributed by atoms with E-state index in [1.54, 1.807) is 0 Å². The molecular formula is C6H3F3IN3O5S. The summed E-state index contributed by atoms with van der Waals surface area (Å²) in [5, 5.41) is 15.2. The molecule has 1 aromatic heterocycles. The molecule has 0 bridgehead atoms. The Hall–Kier alpha value is -1.22. The molecule has 0 saturated carbocycles. The molecule has 8 nitrogen and oxygen atoms in total. The van der Waals surface area contributed by atoms with Gasteiger partial charge in [-0.15, -0.1) is 13.2 Å². The number of hydrogen-bond acceptors (Lipinski definition) is 6. The maximum absolute atomic E-state index is 12.2.